The molecular weight excluding hydrogens is 266 g/mol. The number of hydrogen-bond acceptors (Lipinski definition) is 3. The Morgan fingerprint density at radius 2 is 1.90 bits per heavy atom. The molecule has 0 saturated carbocycles. The van der Waals surface area contributed by atoms with Crippen LogP contribution in [0.1, 0.15) is 10.4 Å². The zero-order valence-electron chi connectivity index (χ0n) is 10.6. The summed E-state index contributed by atoms with van der Waals surface area (Å²) in [4.78, 5) is 11.9. The second kappa shape index (κ2) is 5.56. The highest BCUT2D eigenvalue weighted by Crippen LogP contribution is 2.20. The summed E-state index contributed by atoms with van der Waals surface area (Å²) in [5, 5.41) is 2.45. The molecular formula is C14H12F2N2O2. The van der Waals surface area contributed by atoms with Gasteiger partial charge in [-0.1, -0.05) is 0 Å². The molecule has 20 heavy (non-hydrogen) atoms. The molecule has 3 N–H and O–H groups in total. The first-order valence-corrected chi connectivity index (χ1v) is 5.71. The molecule has 0 aliphatic heterocycles. The molecule has 0 aliphatic carbocycles. The third-order valence-corrected chi connectivity index (χ3v) is 2.67. The lowest BCUT2D eigenvalue weighted by atomic mass is 10.2. The maximum atomic E-state index is 13.5. The minimum atomic E-state index is -0.649. The van der Waals surface area contributed by atoms with E-state index in [1.54, 1.807) is 0 Å². The van der Waals surface area contributed by atoms with Crippen molar-refractivity contribution in [3.05, 3.63) is 53.6 Å². The Morgan fingerprint density at radius 3 is 2.50 bits per heavy atom. The van der Waals surface area contributed by atoms with Gasteiger partial charge in [0.25, 0.3) is 5.91 Å². The third kappa shape index (κ3) is 2.85. The van der Waals surface area contributed by atoms with Crippen molar-refractivity contribution in [2.75, 3.05) is 18.2 Å². The lowest BCUT2D eigenvalue weighted by Gasteiger charge is -2.07. The average Bonchev–Trinajstić information content (AvgIpc) is 2.42. The van der Waals surface area contributed by atoms with Gasteiger partial charge in [0.2, 0.25) is 0 Å². The van der Waals surface area contributed by atoms with Gasteiger partial charge in [-0.15, -0.1) is 0 Å². The summed E-state index contributed by atoms with van der Waals surface area (Å²) in [6.45, 7) is 0. The fourth-order valence-electron chi connectivity index (χ4n) is 1.62. The van der Waals surface area contributed by atoms with Crippen molar-refractivity contribution in [3.8, 4) is 5.75 Å². The topological polar surface area (TPSA) is 64.3 Å². The van der Waals surface area contributed by atoms with Gasteiger partial charge in [0.05, 0.1) is 12.8 Å². The molecule has 0 unspecified atom stereocenters. The molecule has 0 saturated heterocycles. The molecule has 0 fully saturated rings. The fourth-order valence-corrected chi connectivity index (χ4v) is 1.62. The van der Waals surface area contributed by atoms with E-state index in [-0.39, 0.29) is 22.7 Å². The first-order chi connectivity index (χ1) is 9.51. The molecule has 104 valence electrons. The Kier molecular flexibility index (Phi) is 3.84. The van der Waals surface area contributed by atoms with Crippen molar-refractivity contribution >= 4 is 17.3 Å². The Bertz CT molecular complexity index is 660. The van der Waals surface area contributed by atoms with Gasteiger partial charge in [0.1, 0.15) is 5.82 Å². The molecule has 0 atom stereocenters. The molecule has 0 aliphatic rings. The van der Waals surface area contributed by atoms with Crippen LogP contribution in [0.5, 0.6) is 5.75 Å². The minimum Gasteiger partial charge on any atom is -0.494 e. The third-order valence-electron chi connectivity index (χ3n) is 2.67. The van der Waals surface area contributed by atoms with Crippen LogP contribution in [0.2, 0.25) is 0 Å². The number of rotatable bonds is 3. The number of nitrogens with one attached hydrogen (secondary N) is 1. The highest BCUT2D eigenvalue weighted by Gasteiger charge is 2.11. The van der Waals surface area contributed by atoms with Crippen molar-refractivity contribution < 1.29 is 18.3 Å². The maximum Gasteiger partial charge on any atom is 0.255 e. The van der Waals surface area contributed by atoms with E-state index in [2.05, 4.69) is 5.32 Å². The smallest absolute Gasteiger partial charge is 0.255 e. The van der Waals surface area contributed by atoms with Crippen LogP contribution in [0.15, 0.2) is 36.4 Å². The molecule has 0 aromatic heterocycles. The van der Waals surface area contributed by atoms with E-state index in [0.29, 0.717) is 0 Å². The fraction of sp³-hybridized carbons (Fsp3) is 0.0714. The number of anilines is 2. The molecule has 6 heteroatoms. The Labute approximate surface area is 114 Å². The first-order valence-electron chi connectivity index (χ1n) is 5.71. The highest BCUT2D eigenvalue weighted by molar-refractivity contribution is 6.04. The molecule has 0 bridgehead atoms. The Morgan fingerprint density at radius 1 is 1.15 bits per heavy atom. The van der Waals surface area contributed by atoms with Gasteiger partial charge < -0.3 is 15.8 Å². The normalized spacial score (nSPS) is 10.2. The number of benzene rings is 2. The van der Waals surface area contributed by atoms with Crippen LogP contribution in [0.25, 0.3) is 0 Å². The summed E-state index contributed by atoms with van der Waals surface area (Å²) in [7, 11) is 1.33. The molecule has 4 nitrogen and oxygen atoms in total. The predicted molar refractivity (Wildman–Crippen MR) is 71.7 cm³/mol. The SMILES string of the molecule is COc1ccc(C(=O)Nc2ccc(N)c(F)c2)cc1F. The van der Waals surface area contributed by atoms with Crippen LogP contribution < -0.4 is 15.8 Å². The molecule has 0 heterocycles. The van der Waals surface area contributed by atoms with E-state index < -0.39 is 17.5 Å². The molecule has 0 spiro atoms. The van der Waals surface area contributed by atoms with Crippen molar-refractivity contribution in [1.82, 2.24) is 0 Å². The molecule has 1 amide bonds. The summed E-state index contributed by atoms with van der Waals surface area (Å²) in [5.41, 5.74) is 5.65. The monoisotopic (exact) mass is 278 g/mol. The van der Waals surface area contributed by atoms with E-state index in [1.807, 2.05) is 0 Å². The average molecular weight is 278 g/mol. The van der Waals surface area contributed by atoms with Gasteiger partial charge in [-0.25, -0.2) is 8.78 Å². The second-order valence-electron chi connectivity index (χ2n) is 4.04. The van der Waals surface area contributed by atoms with E-state index in [9.17, 15) is 13.6 Å². The van der Waals surface area contributed by atoms with Gasteiger partial charge in [-0.05, 0) is 36.4 Å². The summed E-state index contributed by atoms with van der Waals surface area (Å²) in [6.07, 6.45) is 0. The summed E-state index contributed by atoms with van der Waals surface area (Å²) >= 11 is 0. The number of methoxy groups -OCH3 is 1. The van der Waals surface area contributed by atoms with Crippen molar-refractivity contribution in [3.63, 3.8) is 0 Å². The largest absolute Gasteiger partial charge is 0.494 e. The standard InChI is InChI=1S/C14H12F2N2O2/c1-20-13-5-2-8(6-11(13)16)14(19)18-9-3-4-12(17)10(15)7-9/h2-7H,17H2,1H3,(H,18,19). The van der Waals surface area contributed by atoms with E-state index in [1.165, 1.54) is 31.4 Å². The first kappa shape index (κ1) is 13.8. The lowest BCUT2D eigenvalue weighted by Crippen LogP contribution is -2.12. The number of nitrogen functional groups attached to an aromatic ring is 1. The van der Waals surface area contributed by atoms with E-state index >= 15 is 0 Å². The maximum absolute atomic E-state index is 13.5. The Hall–Kier alpha value is -2.63. The molecule has 2 aromatic rings. The van der Waals surface area contributed by atoms with Crippen LogP contribution in [0.4, 0.5) is 20.2 Å². The number of hydrogen-bond donors (Lipinski definition) is 2. The molecule has 2 rings (SSSR count). The zero-order chi connectivity index (χ0) is 14.7. The van der Waals surface area contributed by atoms with Gasteiger partial charge in [0.15, 0.2) is 11.6 Å². The van der Waals surface area contributed by atoms with Gasteiger partial charge >= 0.3 is 0 Å². The van der Waals surface area contributed by atoms with Crippen LogP contribution in [0, 0.1) is 11.6 Å². The van der Waals surface area contributed by atoms with Crippen molar-refractivity contribution in [1.29, 1.82) is 0 Å². The van der Waals surface area contributed by atoms with Crippen LogP contribution in [0.3, 0.4) is 0 Å². The number of nitrogens with two attached hydrogens (primary N) is 1. The van der Waals surface area contributed by atoms with Crippen LogP contribution in [-0.4, -0.2) is 13.0 Å². The highest BCUT2D eigenvalue weighted by atomic mass is 19.1. The number of amides is 1. The number of carbonyl (C=O) groups excluding carboxylic acids is 1. The van der Waals surface area contributed by atoms with Crippen LogP contribution in [-0.2, 0) is 0 Å². The van der Waals surface area contributed by atoms with Gasteiger partial charge in [0, 0.05) is 11.3 Å². The van der Waals surface area contributed by atoms with Gasteiger partial charge in [-0.3, -0.25) is 4.79 Å². The zero-order valence-corrected chi connectivity index (χ0v) is 10.6. The summed E-state index contributed by atoms with van der Waals surface area (Å²) < 4.78 is 31.5. The number of carbonyl (C=O) groups is 1. The summed E-state index contributed by atoms with van der Waals surface area (Å²) in [6, 6.07) is 7.67. The predicted octanol–water partition coefficient (Wildman–Crippen LogP) is 2.81. The van der Waals surface area contributed by atoms with E-state index in [0.717, 1.165) is 12.1 Å². The van der Waals surface area contributed by atoms with Gasteiger partial charge in [-0.2, -0.15) is 0 Å². The van der Waals surface area contributed by atoms with E-state index in [4.69, 9.17) is 10.5 Å². The van der Waals surface area contributed by atoms with Crippen LogP contribution >= 0.6 is 0 Å². The molecule has 0 radical (unpaired) electrons. The lowest BCUT2D eigenvalue weighted by molar-refractivity contribution is 0.102. The summed E-state index contributed by atoms with van der Waals surface area (Å²) in [5.74, 6) is -1.80. The Balaban J connectivity index is 2.19. The van der Waals surface area contributed by atoms with Crippen molar-refractivity contribution in [2.45, 2.75) is 0 Å². The minimum absolute atomic E-state index is 0.0153. The second-order valence-corrected chi connectivity index (χ2v) is 4.04. The quantitative estimate of drug-likeness (QED) is 0.848. The van der Waals surface area contributed by atoms with Crippen molar-refractivity contribution in [2.24, 2.45) is 0 Å². The molecule has 2 aromatic carbocycles. The number of ether oxygens (including phenoxy) is 1. The number of halogens is 2.